The highest BCUT2D eigenvalue weighted by Gasteiger charge is 2.24. The zero-order valence-electron chi connectivity index (χ0n) is 19.7. The lowest BCUT2D eigenvalue weighted by atomic mass is 10.1. The maximum absolute atomic E-state index is 12.5. The van der Waals surface area contributed by atoms with Gasteiger partial charge < -0.3 is 4.90 Å². The summed E-state index contributed by atoms with van der Waals surface area (Å²) >= 11 is 6.18. The Morgan fingerprint density at radius 1 is 1.06 bits per heavy atom. The van der Waals surface area contributed by atoms with Crippen molar-refractivity contribution in [2.75, 3.05) is 43.9 Å². The van der Waals surface area contributed by atoms with E-state index in [1.54, 1.807) is 12.5 Å². The van der Waals surface area contributed by atoms with Crippen LogP contribution < -0.4 is 4.90 Å². The summed E-state index contributed by atoms with van der Waals surface area (Å²) in [6, 6.07) is 16.7. The molecule has 7 heteroatoms. The van der Waals surface area contributed by atoms with Crippen molar-refractivity contribution in [3.8, 4) is 5.69 Å². The smallest absolute Gasteiger partial charge is 0.130 e. The quantitative estimate of drug-likeness (QED) is 0.444. The Morgan fingerprint density at radius 3 is 2.42 bits per heavy atom. The number of benzene rings is 2. The monoisotopic (exact) mass is 484 g/mol. The molecule has 5 nitrogen and oxygen atoms in total. The van der Waals surface area contributed by atoms with Crippen LogP contribution in [0.1, 0.15) is 37.6 Å². The fourth-order valence-electron chi connectivity index (χ4n) is 4.59. The van der Waals surface area contributed by atoms with Crippen molar-refractivity contribution < 1.29 is 4.21 Å². The predicted octanol–water partition coefficient (Wildman–Crippen LogP) is 5.14. The lowest BCUT2D eigenvalue weighted by molar-refractivity contribution is 0.243. The molecule has 0 radical (unpaired) electrons. The highest BCUT2D eigenvalue weighted by molar-refractivity contribution is 7.84. The molecule has 4 rings (SSSR count). The van der Waals surface area contributed by atoms with Gasteiger partial charge in [0.05, 0.1) is 17.0 Å². The van der Waals surface area contributed by atoms with E-state index in [1.807, 2.05) is 18.2 Å². The molecule has 0 N–H and O–H groups in total. The van der Waals surface area contributed by atoms with Gasteiger partial charge in [-0.1, -0.05) is 50.1 Å². The number of piperazine rings is 1. The normalized spacial score (nSPS) is 16.7. The van der Waals surface area contributed by atoms with Crippen molar-refractivity contribution in [3.63, 3.8) is 0 Å². The number of aryl methyl sites for hydroxylation is 1. The van der Waals surface area contributed by atoms with E-state index in [1.165, 1.54) is 11.3 Å². The summed E-state index contributed by atoms with van der Waals surface area (Å²) in [5.41, 5.74) is 3.55. The summed E-state index contributed by atoms with van der Waals surface area (Å²) in [6.45, 7) is 9.28. The average molecular weight is 485 g/mol. The molecular weight excluding hydrogens is 452 g/mol. The second-order valence-electron chi connectivity index (χ2n) is 8.83. The minimum Gasteiger partial charge on any atom is -0.369 e. The van der Waals surface area contributed by atoms with E-state index >= 15 is 0 Å². The maximum Gasteiger partial charge on any atom is 0.130 e. The Balaban J connectivity index is 1.47. The Morgan fingerprint density at radius 2 is 1.79 bits per heavy atom. The summed E-state index contributed by atoms with van der Waals surface area (Å²) in [7, 11) is -1.11. The molecule has 33 heavy (non-hydrogen) atoms. The largest absolute Gasteiger partial charge is 0.369 e. The fraction of sp³-hybridized carbons (Fsp3) is 0.423. The predicted molar refractivity (Wildman–Crippen MR) is 138 cm³/mol. The van der Waals surface area contributed by atoms with Crippen LogP contribution in [0.5, 0.6) is 0 Å². The molecule has 2 aromatic carbocycles. The van der Waals surface area contributed by atoms with E-state index in [4.69, 9.17) is 16.6 Å². The number of anilines is 1. The van der Waals surface area contributed by atoms with Gasteiger partial charge in [-0.2, -0.15) is 0 Å². The van der Waals surface area contributed by atoms with Crippen LogP contribution in [-0.4, -0.2) is 57.6 Å². The van der Waals surface area contributed by atoms with Crippen LogP contribution in [0.25, 0.3) is 5.69 Å². The van der Waals surface area contributed by atoms with Gasteiger partial charge in [-0.05, 0) is 42.3 Å². The van der Waals surface area contributed by atoms with Crippen LogP contribution in [0.2, 0.25) is 5.02 Å². The average Bonchev–Trinajstić information content (AvgIpc) is 3.26. The van der Waals surface area contributed by atoms with Crippen LogP contribution in [0.4, 0.5) is 5.69 Å². The lowest BCUT2D eigenvalue weighted by Crippen LogP contribution is -2.47. The molecule has 0 aliphatic carbocycles. The van der Waals surface area contributed by atoms with E-state index in [0.717, 1.165) is 67.1 Å². The van der Waals surface area contributed by atoms with Gasteiger partial charge in [0, 0.05) is 61.3 Å². The maximum atomic E-state index is 12.5. The Hall–Kier alpha value is -2.15. The summed E-state index contributed by atoms with van der Waals surface area (Å²) in [4.78, 5) is 9.62. The molecule has 1 aliphatic heterocycles. The lowest BCUT2D eigenvalue weighted by Gasteiger charge is -2.37. The molecule has 0 amide bonds. The highest BCUT2D eigenvalue weighted by Crippen LogP contribution is 2.26. The third-order valence-electron chi connectivity index (χ3n) is 6.30. The molecule has 1 fully saturated rings. The molecule has 1 aromatic heterocycles. The molecule has 176 valence electrons. The van der Waals surface area contributed by atoms with E-state index in [0.29, 0.717) is 0 Å². The summed E-state index contributed by atoms with van der Waals surface area (Å²) in [5, 5.41) is 1.54. The van der Waals surface area contributed by atoms with Crippen molar-refractivity contribution in [2.24, 2.45) is 0 Å². The van der Waals surface area contributed by atoms with Gasteiger partial charge in [0.2, 0.25) is 0 Å². The number of hydrogen-bond donors (Lipinski definition) is 0. The van der Waals surface area contributed by atoms with E-state index in [-0.39, 0.29) is 5.92 Å². The molecular formula is C26H33ClN4OS. The topological polar surface area (TPSA) is 41.4 Å². The van der Waals surface area contributed by atoms with E-state index < -0.39 is 10.8 Å². The summed E-state index contributed by atoms with van der Waals surface area (Å²) < 4.78 is 14.6. The highest BCUT2D eigenvalue weighted by atomic mass is 35.5. The Bertz CT molecular complexity index is 1090. The minimum absolute atomic E-state index is 0.218. The third-order valence-corrected chi connectivity index (χ3v) is 7.42. The number of nitrogens with zero attached hydrogens (tertiary/aromatic N) is 4. The SMILES string of the molecule is CCCc1ccc(-n2c(S(C)=O)cnc2C(C)CN2CCN(c3cccc(Cl)c3)CC2)cc1. The van der Waals surface area contributed by atoms with Crippen LogP contribution in [0.15, 0.2) is 59.8 Å². The minimum atomic E-state index is -1.11. The molecule has 1 saturated heterocycles. The first-order valence-corrected chi connectivity index (χ1v) is 13.6. The third kappa shape index (κ3) is 5.68. The van der Waals surface area contributed by atoms with Crippen LogP contribution >= 0.6 is 11.6 Å². The van der Waals surface area contributed by atoms with Crippen LogP contribution in [0.3, 0.4) is 0 Å². The van der Waals surface area contributed by atoms with Gasteiger partial charge >= 0.3 is 0 Å². The second-order valence-corrected chi connectivity index (χ2v) is 10.6. The molecule has 3 aromatic rings. The van der Waals surface area contributed by atoms with Gasteiger partial charge in [0.25, 0.3) is 0 Å². The first-order chi connectivity index (χ1) is 16.0. The van der Waals surface area contributed by atoms with Gasteiger partial charge in [0.15, 0.2) is 0 Å². The molecule has 0 saturated carbocycles. The molecule has 1 aliphatic rings. The Labute approximate surface area is 204 Å². The summed E-state index contributed by atoms with van der Waals surface area (Å²) in [6.07, 6.45) is 5.70. The first kappa shape index (κ1) is 24.0. The second kappa shape index (κ2) is 10.9. The van der Waals surface area contributed by atoms with Gasteiger partial charge in [-0.25, -0.2) is 4.98 Å². The summed E-state index contributed by atoms with van der Waals surface area (Å²) in [5.74, 6) is 1.19. The number of rotatable bonds is 8. The molecule has 0 bridgehead atoms. The van der Waals surface area contributed by atoms with Crippen molar-refractivity contribution in [1.29, 1.82) is 0 Å². The van der Waals surface area contributed by atoms with Crippen LogP contribution in [0, 0.1) is 0 Å². The van der Waals surface area contributed by atoms with E-state index in [9.17, 15) is 4.21 Å². The zero-order chi connectivity index (χ0) is 23.4. The number of hydrogen-bond acceptors (Lipinski definition) is 4. The molecule has 2 heterocycles. The zero-order valence-corrected chi connectivity index (χ0v) is 21.3. The van der Waals surface area contributed by atoms with Gasteiger partial charge in [0.1, 0.15) is 10.9 Å². The number of aromatic nitrogens is 2. The van der Waals surface area contributed by atoms with E-state index in [2.05, 4.69) is 58.5 Å². The number of imidazole rings is 1. The number of halogens is 1. The van der Waals surface area contributed by atoms with Crippen molar-refractivity contribution in [3.05, 3.63) is 71.1 Å². The molecule has 2 unspecified atom stereocenters. The first-order valence-electron chi connectivity index (χ1n) is 11.7. The van der Waals surface area contributed by atoms with Crippen molar-refractivity contribution >= 4 is 28.1 Å². The van der Waals surface area contributed by atoms with Crippen LogP contribution in [-0.2, 0) is 17.2 Å². The molecule has 0 spiro atoms. The Kier molecular flexibility index (Phi) is 7.89. The standard InChI is InChI=1S/C26H33ClN4OS/c1-4-6-21-9-11-23(12-10-21)31-25(33(3)32)18-28-26(31)20(2)19-29-13-15-30(16-14-29)24-8-5-7-22(27)17-24/h5,7-12,17-18,20H,4,6,13-16,19H2,1-3H3. The van der Waals surface area contributed by atoms with Gasteiger partial charge in [-0.3, -0.25) is 13.7 Å². The van der Waals surface area contributed by atoms with Crippen molar-refractivity contribution in [1.82, 2.24) is 14.5 Å². The van der Waals surface area contributed by atoms with Crippen molar-refractivity contribution in [2.45, 2.75) is 37.6 Å². The molecule has 2 atom stereocenters. The van der Waals surface area contributed by atoms with Gasteiger partial charge in [-0.15, -0.1) is 0 Å². The fourth-order valence-corrected chi connectivity index (χ4v) is 5.43.